The van der Waals surface area contributed by atoms with Crippen LogP contribution in [-0.2, 0) is 4.74 Å². The third-order valence-corrected chi connectivity index (χ3v) is 3.05. The summed E-state index contributed by atoms with van der Waals surface area (Å²) in [6.45, 7) is 6.09. The first-order valence-electron chi connectivity index (χ1n) is 6.48. The molecule has 1 aliphatic heterocycles. The zero-order valence-corrected chi connectivity index (χ0v) is 10.9. The Morgan fingerprint density at radius 1 is 1.50 bits per heavy atom. The van der Waals surface area contributed by atoms with Gasteiger partial charge in [-0.1, -0.05) is 13.0 Å². The summed E-state index contributed by atoms with van der Waals surface area (Å²) in [4.78, 5) is 0. The molecule has 1 unspecified atom stereocenters. The molecule has 0 radical (unpaired) electrons. The first-order chi connectivity index (χ1) is 8.72. The number of hydrogen-bond acceptors (Lipinski definition) is 3. The fraction of sp³-hybridized carbons (Fsp3) is 0.571. The molecule has 1 saturated heterocycles. The summed E-state index contributed by atoms with van der Waals surface area (Å²) in [5, 5.41) is 3.29. The molecule has 100 valence electrons. The third-order valence-electron chi connectivity index (χ3n) is 3.05. The molecule has 0 aromatic heterocycles. The Kier molecular flexibility index (Phi) is 4.55. The van der Waals surface area contributed by atoms with E-state index in [0.29, 0.717) is 24.5 Å². The van der Waals surface area contributed by atoms with Crippen molar-refractivity contribution in [2.24, 2.45) is 0 Å². The molecule has 0 amide bonds. The minimum atomic E-state index is -0.219. The summed E-state index contributed by atoms with van der Waals surface area (Å²) < 4.78 is 24.8. The standard InChI is InChI=1S/C14H20FNO2/c1-3-7-16-10(2)14-12(15)5-4-6-13(14)18-11-8-17-9-11/h4-6,10-11,16H,3,7-9H2,1-2H3. The van der Waals surface area contributed by atoms with Gasteiger partial charge in [-0.05, 0) is 32.0 Å². The maximum atomic E-state index is 13.9. The first-order valence-corrected chi connectivity index (χ1v) is 6.48. The molecule has 0 spiro atoms. The van der Waals surface area contributed by atoms with E-state index in [1.165, 1.54) is 6.07 Å². The first kappa shape index (κ1) is 13.3. The summed E-state index contributed by atoms with van der Waals surface area (Å²) in [6.07, 6.45) is 1.08. The van der Waals surface area contributed by atoms with E-state index in [1.54, 1.807) is 6.07 Å². The second-order valence-electron chi connectivity index (χ2n) is 4.60. The van der Waals surface area contributed by atoms with E-state index in [2.05, 4.69) is 12.2 Å². The van der Waals surface area contributed by atoms with Crippen LogP contribution >= 0.6 is 0 Å². The number of rotatable bonds is 6. The maximum absolute atomic E-state index is 13.9. The summed E-state index contributed by atoms with van der Waals surface area (Å²) in [5.41, 5.74) is 0.609. The number of nitrogens with one attached hydrogen (secondary N) is 1. The van der Waals surface area contributed by atoms with Crippen LogP contribution in [0.3, 0.4) is 0 Å². The lowest BCUT2D eigenvalue weighted by atomic mass is 10.1. The van der Waals surface area contributed by atoms with Crippen LogP contribution in [0.1, 0.15) is 31.9 Å². The number of hydrogen-bond donors (Lipinski definition) is 1. The van der Waals surface area contributed by atoms with Crippen molar-refractivity contribution in [1.82, 2.24) is 5.32 Å². The van der Waals surface area contributed by atoms with Gasteiger partial charge in [0.25, 0.3) is 0 Å². The van der Waals surface area contributed by atoms with E-state index >= 15 is 0 Å². The van der Waals surface area contributed by atoms with Crippen LogP contribution in [0.25, 0.3) is 0 Å². The minimum Gasteiger partial charge on any atom is -0.485 e. The van der Waals surface area contributed by atoms with E-state index < -0.39 is 0 Å². The SMILES string of the molecule is CCCNC(C)c1c(F)cccc1OC1COC1. The molecule has 0 bridgehead atoms. The van der Waals surface area contributed by atoms with Gasteiger partial charge in [0.1, 0.15) is 17.7 Å². The highest BCUT2D eigenvalue weighted by molar-refractivity contribution is 5.37. The molecule has 4 heteroatoms. The second-order valence-corrected chi connectivity index (χ2v) is 4.60. The highest BCUT2D eigenvalue weighted by Gasteiger charge is 2.23. The Morgan fingerprint density at radius 3 is 2.89 bits per heavy atom. The molecular formula is C14H20FNO2. The van der Waals surface area contributed by atoms with Crippen molar-refractivity contribution in [2.45, 2.75) is 32.4 Å². The highest BCUT2D eigenvalue weighted by Crippen LogP contribution is 2.29. The highest BCUT2D eigenvalue weighted by atomic mass is 19.1. The predicted molar refractivity (Wildman–Crippen MR) is 68.3 cm³/mol. The van der Waals surface area contributed by atoms with Crippen molar-refractivity contribution in [1.29, 1.82) is 0 Å². The Labute approximate surface area is 107 Å². The van der Waals surface area contributed by atoms with Crippen LogP contribution in [0.5, 0.6) is 5.75 Å². The molecule has 1 fully saturated rings. The molecule has 1 aromatic carbocycles. The molecule has 1 aliphatic rings. The molecule has 1 atom stereocenters. The second kappa shape index (κ2) is 6.16. The predicted octanol–water partition coefficient (Wildman–Crippen LogP) is 2.66. The van der Waals surface area contributed by atoms with Gasteiger partial charge in [0.05, 0.1) is 13.2 Å². The smallest absolute Gasteiger partial charge is 0.145 e. The number of benzene rings is 1. The molecule has 1 aromatic rings. The minimum absolute atomic E-state index is 0.0536. The molecule has 2 rings (SSSR count). The molecule has 1 heterocycles. The van der Waals surface area contributed by atoms with Gasteiger partial charge in [-0.2, -0.15) is 0 Å². The lowest BCUT2D eigenvalue weighted by Gasteiger charge is -2.29. The number of ether oxygens (including phenoxy) is 2. The van der Waals surface area contributed by atoms with Crippen molar-refractivity contribution < 1.29 is 13.9 Å². The third kappa shape index (κ3) is 3.00. The van der Waals surface area contributed by atoms with Crippen LogP contribution in [0.2, 0.25) is 0 Å². The van der Waals surface area contributed by atoms with Gasteiger partial charge in [-0.15, -0.1) is 0 Å². The Bertz CT molecular complexity index is 393. The summed E-state index contributed by atoms with van der Waals surface area (Å²) in [5.74, 6) is 0.406. The van der Waals surface area contributed by atoms with E-state index in [-0.39, 0.29) is 18.0 Å². The summed E-state index contributed by atoms with van der Waals surface area (Å²) in [7, 11) is 0. The lowest BCUT2D eigenvalue weighted by molar-refractivity contribution is -0.0802. The van der Waals surface area contributed by atoms with Gasteiger partial charge in [0.15, 0.2) is 0 Å². The normalized spacial score (nSPS) is 17.3. The van der Waals surface area contributed by atoms with Gasteiger partial charge >= 0.3 is 0 Å². The molecule has 3 nitrogen and oxygen atoms in total. The molecule has 0 saturated carbocycles. The average Bonchev–Trinajstić information content (AvgIpc) is 2.31. The van der Waals surface area contributed by atoms with Crippen LogP contribution in [0.15, 0.2) is 18.2 Å². The topological polar surface area (TPSA) is 30.5 Å². The van der Waals surface area contributed by atoms with E-state index in [1.807, 2.05) is 13.0 Å². The van der Waals surface area contributed by atoms with Crippen LogP contribution in [-0.4, -0.2) is 25.9 Å². The van der Waals surface area contributed by atoms with Crippen LogP contribution in [0.4, 0.5) is 4.39 Å². The van der Waals surface area contributed by atoms with Crippen molar-refractivity contribution in [2.75, 3.05) is 19.8 Å². The van der Waals surface area contributed by atoms with Gasteiger partial charge < -0.3 is 14.8 Å². The number of halogens is 1. The molecule has 18 heavy (non-hydrogen) atoms. The van der Waals surface area contributed by atoms with E-state index in [9.17, 15) is 4.39 Å². The maximum Gasteiger partial charge on any atom is 0.145 e. The van der Waals surface area contributed by atoms with Gasteiger partial charge in [-0.3, -0.25) is 0 Å². The quantitative estimate of drug-likeness (QED) is 0.845. The van der Waals surface area contributed by atoms with Gasteiger partial charge in [0.2, 0.25) is 0 Å². The van der Waals surface area contributed by atoms with Crippen molar-refractivity contribution in [3.63, 3.8) is 0 Å². The lowest BCUT2D eigenvalue weighted by Crippen LogP contribution is -2.39. The Balaban J connectivity index is 2.14. The monoisotopic (exact) mass is 253 g/mol. The molecule has 0 aliphatic carbocycles. The molecular weight excluding hydrogens is 233 g/mol. The van der Waals surface area contributed by atoms with E-state index in [0.717, 1.165) is 13.0 Å². The summed E-state index contributed by atoms with van der Waals surface area (Å²) >= 11 is 0. The van der Waals surface area contributed by atoms with Gasteiger partial charge in [-0.25, -0.2) is 4.39 Å². The zero-order valence-electron chi connectivity index (χ0n) is 10.9. The van der Waals surface area contributed by atoms with Crippen LogP contribution in [0, 0.1) is 5.82 Å². The largest absolute Gasteiger partial charge is 0.485 e. The van der Waals surface area contributed by atoms with Crippen molar-refractivity contribution >= 4 is 0 Å². The summed E-state index contributed by atoms with van der Waals surface area (Å²) in [6, 6.07) is 4.92. The Hall–Kier alpha value is -1.13. The van der Waals surface area contributed by atoms with Crippen LogP contribution < -0.4 is 10.1 Å². The van der Waals surface area contributed by atoms with Gasteiger partial charge in [0, 0.05) is 11.6 Å². The zero-order chi connectivity index (χ0) is 13.0. The van der Waals surface area contributed by atoms with Crippen molar-refractivity contribution in [3.8, 4) is 5.75 Å². The van der Waals surface area contributed by atoms with E-state index in [4.69, 9.17) is 9.47 Å². The fourth-order valence-corrected chi connectivity index (χ4v) is 1.96. The Morgan fingerprint density at radius 2 is 2.28 bits per heavy atom. The molecule has 1 N–H and O–H groups in total. The average molecular weight is 253 g/mol. The van der Waals surface area contributed by atoms with Crippen molar-refractivity contribution in [3.05, 3.63) is 29.6 Å². The fourth-order valence-electron chi connectivity index (χ4n) is 1.96.